The third-order valence-corrected chi connectivity index (χ3v) is 7.40. The highest BCUT2D eigenvalue weighted by atomic mass is 16.7. The number of rotatable bonds is 11. The molecule has 2 fully saturated rings. The summed E-state index contributed by atoms with van der Waals surface area (Å²) < 4.78 is 17.5. The zero-order valence-corrected chi connectivity index (χ0v) is 20.4. The maximum Gasteiger partial charge on any atom is 0.218 e. The van der Waals surface area contributed by atoms with Crippen LogP contribution in [-0.4, -0.2) is 24.9 Å². The number of hydrogen-bond acceptors (Lipinski definition) is 7. The molecule has 0 spiro atoms. The number of nitrogens with one attached hydrogen (secondary N) is 1. The van der Waals surface area contributed by atoms with E-state index >= 15 is 0 Å². The van der Waals surface area contributed by atoms with E-state index in [1.807, 2.05) is 0 Å². The molecule has 4 atom stereocenters. The molecule has 2 aliphatic heterocycles. The van der Waals surface area contributed by atoms with E-state index < -0.39 is 28.6 Å². The molecule has 0 amide bonds. The number of fused-ring (bicyclic) bond motifs is 2. The molecule has 4 unspecified atom stereocenters. The summed E-state index contributed by atoms with van der Waals surface area (Å²) in [4.78, 5) is 0. The Hall–Kier alpha value is -3.08. The number of ether oxygens (including phenoxy) is 3. The van der Waals surface area contributed by atoms with Crippen LogP contribution >= 0.6 is 0 Å². The van der Waals surface area contributed by atoms with E-state index in [4.69, 9.17) is 19.6 Å². The van der Waals surface area contributed by atoms with Crippen LogP contribution in [0.2, 0.25) is 0 Å². The molecule has 0 saturated carbocycles. The second-order valence-electron chi connectivity index (χ2n) is 9.47. The van der Waals surface area contributed by atoms with E-state index in [1.54, 1.807) is 38.3 Å². The third kappa shape index (κ3) is 4.02. The summed E-state index contributed by atoms with van der Waals surface area (Å²) in [6.07, 6.45) is 8.59. The first-order valence-corrected chi connectivity index (χ1v) is 12.2. The van der Waals surface area contributed by atoms with Crippen molar-refractivity contribution in [2.24, 2.45) is 10.8 Å². The maximum atomic E-state index is 10.5. The van der Waals surface area contributed by atoms with Gasteiger partial charge in [-0.2, -0.15) is 15.8 Å². The van der Waals surface area contributed by atoms with Crippen molar-refractivity contribution in [2.45, 2.75) is 89.4 Å². The summed E-state index contributed by atoms with van der Waals surface area (Å²) in [6.45, 7) is 3.90. The number of nitrogens with zero attached hydrogens (tertiary/aromatic N) is 3. The summed E-state index contributed by atoms with van der Waals surface area (Å²) in [5.41, 5.74) is -2.98. The highest BCUT2D eigenvalue weighted by Crippen LogP contribution is 2.66. The Labute approximate surface area is 202 Å². The summed E-state index contributed by atoms with van der Waals surface area (Å²) in [5.74, 6) is -1.87. The predicted molar refractivity (Wildman–Crippen MR) is 127 cm³/mol. The average Bonchev–Trinajstić information content (AvgIpc) is 3.03. The topological polar surface area (TPSA) is 123 Å². The van der Waals surface area contributed by atoms with Crippen LogP contribution in [0.1, 0.15) is 83.1 Å². The van der Waals surface area contributed by atoms with Crippen molar-refractivity contribution in [3.05, 3.63) is 29.8 Å². The Balaban J connectivity index is 1.88. The molecule has 2 aliphatic rings. The minimum Gasteiger partial charge on any atom is -0.497 e. The van der Waals surface area contributed by atoms with Crippen LogP contribution in [-0.2, 0) is 9.47 Å². The molecular weight excluding hydrogens is 428 g/mol. The van der Waals surface area contributed by atoms with E-state index in [0.29, 0.717) is 17.7 Å². The molecule has 2 bridgehead atoms. The monoisotopic (exact) mass is 462 g/mol. The van der Waals surface area contributed by atoms with Crippen molar-refractivity contribution in [1.82, 2.24) is 0 Å². The number of unbranched alkanes of at least 4 members (excludes halogenated alkanes) is 7. The fourth-order valence-corrected chi connectivity index (χ4v) is 5.63. The molecule has 7 nitrogen and oxygen atoms in total. The Morgan fingerprint density at radius 3 is 2.06 bits per heavy atom. The molecule has 0 aromatic heterocycles. The standard InChI is InChI=1S/C27H34N4O3/c1-4-5-6-7-8-9-10-11-12-22-26(17-28,18-29)27(19-30)23(25(2,33-22)34-24(27)31)20-13-15-21(32-3)16-14-20/h13-16,22-23,31H,4-12H2,1-3H3. The van der Waals surface area contributed by atoms with Gasteiger partial charge < -0.3 is 14.2 Å². The predicted octanol–water partition coefficient (Wildman–Crippen LogP) is 5.98. The fourth-order valence-electron chi connectivity index (χ4n) is 5.63. The van der Waals surface area contributed by atoms with Crippen LogP contribution in [0, 0.1) is 50.2 Å². The molecule has 1 aromatic rings. The van der Waals surface area contributed by atoms with Crippen molar-refractivity contribution in [3.8, 4) is 24.0 Å². The molecule has 1 N–H and O–H groups in total. The van der Waals surface area contributed by atoms with E-state index in [1.165, 1.54) is 32.1 Å². The Bertz CT molecular complexity index is 989. The van der Waals surface area contributed by atoms with Gasteiger partial charge in [-0.1, -0.05) is 70.4 Å². The minimum atomic E-state index is -1.86. The second-order valence-corrected chi connectivity index (χ2v) is 9.47. The Morgan fingerprint density at radius 2 is 1.53 bits per heavy atom. The highest BCUT2D eigenvalue weighted by molar-refractivity contribution is 5.90. The Morgan fingerprint density at radius 1 is 0.941 bits per heavy atom. The van der Waals surface area contributed by atoms with E-state index in [-0.39, 0.29) is 5.90 Å². The fraction of sp³-hybridized carbons (Fsp3) is 0.630. The second kappa shape index (κ2) is 10.5. The van der Waals surface area contributed by atoms with Crippen LogP contribution in [0.15, 0.2) is 24.3 Å². The Kier molecular flexibility index (Phi) is 7.86. The number of benzene rings is 1. The smallest absolute Gasteiger partial charge is 0.218 e. The van der Waals surface area contributed by atoms with Crippen LogP contribution in [0.5, 0.6) is 5.75 Å². The van der Waals surface area contributed by atoms with Gasteiger partial charge in [-0.15, -0.1) is 0 Å². The number of methoxy groups -OCH3 is 1. The van der Waals surface area contributed by atoms with Gasteiger partial charge in [-0.3, -0.25) is 5.41 Å². The lowest BCUT2D eigenvalue weighted by molar-refractivity contribution is -0.251. The summed E-state index contributed by atoms with van der Waals surface area (Å²) in [6, 6.07) is 13.5. The molecule has 2 saturated heterocycles. The van der Waals surface area contributed by atoms with Gasteiger partial charge in [0.2, 0.25) is 11.7 Å². The van der Waals surface area contributed by atoms with Crippen LogP contribution in [0.4, 0.5) is 0 Å². The van der Waals surface area contributed by atoms with Gasteiger partial charge in [-0.05, 0) is 24.1 Å². The molecule has 180 valence electrons. The summed E-state index contributed by atoms with van der Waals surface area (Å²) in [5, 5.41) is 39.7. The zero-order valence-electron chi connectivity index (χ0n) is 20.4. The van der Waals surface area contributed by atoms with Crippen molar-refractivity contribution in [3.63, 3.8) is 0 Å². The number of hydrogen-bond donors (Lipinski definition) is 1. The van der Waals surface area contributed by atoms with Gasteiger partial charge in [0.25, 0.3) is 0 Å². The average molecular weight is 463 g/mol. The van der Waals surface area contributed by atoms with Gasteiger partial charge in [-0.25, -0.2) is 0 Å². The normalized spacial score (nSPS) is 28.9. The SMILES string of the molecule is CCCCCCCCCCC1OC2(C)OC(=N)C(C#N)(C2c2ccc(OC)cc2)C1(C#N)C#N. The molecule has 3 rings (SSSR count). The van der Waals surface area contributed by atoms with E-state index in [9.17, 15) is 15.8 Å². The summed E-state index contributed by atoms with van der Waals surface area (Å²) in [7, 11) is 1.56. The molecule has 7 heteroatoms. The molecule has 0 aliphatic carbocycles. The molecule has 0 radical (unpaired) electrons. The first-order chi connectivity index (χ1) is 16.4. The van der Waals surface area contributed by atoms with Gasteiger partial charge >= 0.3 is 0 Å². The highest BCUT2D eigenvalue weighted by Gasteiger charge is 2.79. The van der Waals surface area contributed by atoms with E-state index in [2.05, 4.69) is 25.1 Å². The van der Waals surface area contributed by atoms with Crippen LogP contribution < -0.4 is 4.74 Å². The zero-order chi connectivity index (χ0) is 24.8. The minimum absolute atomic E-state index is 0.375. The van der Waals surface area contributed by atoms with Gasteiger partial charge in [0.05, 0.1) is 37.3 Å². The molecule has 34 heavy (non-hydrogen) atoms. The quantitative estimate of drug-likeness (QED) is 0.404. The summed E-state index contributed by atoms with van der Waals surface area (Å²) >= 11 is 0. The van der Waals surface area contributed by atoms with Gasteiger partial charge in [0.1, 0.15) is 5.75 Å². The maximum absolute atomic E-state index is 10.5. The van der Waals surface area contributed by atoms with Crippen LogP contribution in [0.3, 0.4) is 0 Å². The largest absolute Gasteiger partial charge is 0.497 e. The molecular formula is C27H34N4O3. The molecule has 1 aromatic carbocycles. The van der Waals surface area contributed by atoms with Crippen molar-refractivity contribution in [2.75, 3.05) is 7.11 Å². The van der Waals surface area contributed by atoms with E-state index in [0.717, 1.165) is 19.3 Å². The van der Waals surface area contributed by atoms with Crippen molar-refractivity contribution < 1.29 is 14.2 Å². The first-order valence-electron chi connectivity index (χ1n) is 12.2. The van der Waals surface area contributed by atoms with Crippen molar-refractivity contribution in [1.29, 1.82) is 21.2 Å². The van der Waals surface area contributed by atoms with Gasteiger partial charge in [0.15, 0.2) is 10.8 Å². The van der Waals surface area contributed by atoms with Crippen molar-refractivity contribution >= 4 is 5.90 Å². The lowest BCUT2D eigenvalue weighted by Gasteiger charge is -2.49. The van der Waals surface area contributed by atoms with Crippen LogP contribution in [0.25, 0.3) is 0 Å². The van der Waals surface area contributed by atoms with Gasteiger partial charge in [0, 0.05) is 6.92 Å². The molecule has 2 heterocycles. The first kappa shape index (κ1) is 25.5. The third-order valence-electron chi connectivity index (χ3n) is 7.40. The lowest BCUT2D eigenvalue weighted by Crippen LogP contribution is -2.60. The lowest BCUT2D eigenvalue weighted by atomic mass is 9.52. The number of nitriles is 3.